The molecule has 4 rings (SSSR count). The highest BCUT2D eigenvalue weighted by Gasteiger charge is 2.23. The lowest BCUT2D eigenvalue weighted by Gasteiger charge is -2.12. The average molecular weight is 399 g/mol. The molecule has 0 spiro atoms. The molecule has 27 heavy (non-hydrogen) atoms. The van der Waals surface area contributed by atoms with Gasteiger partial charge in [0.25, 0.3) is 5.56 Å². The molecule has 0 amide bonds. The standard InChI is InChI=1S/C22H26N2OS2/c1-2-3-4-5-9-15-26-22-23-20-19(17-13-10-14-18(17)27-20)21(25)24(22)16-11-7-6-8-12-16/h6-8,11-12H,2-5,9-10,13-15H2,1H3. The number of aryl methyl sites for hydroxylation is 2. The van der Waals surface area contributed by atoms with Crippen molar-refractivity contribution >= 4 is 33.3 Å². The predicted molar refractivity (Wildman–Crippen MR) is 117 cm³/mol. The molecule has 5 heteroatoms. The molecule has 2 heterocycles. The molecular weight excluding hydrogens is 372 g/mol. The van der Waals surface area contributed by atoms with Gasteiger partial charge >= 0.3 is 0 Å². The molecule has 3 aromatic rings. The quantitative estimate of drug-likeness (QED) is 0.265. The van der Waals surface area contributed by atoms with Gasteiger partial charge in [-0.3, -0.25) is 9.36 Å². The van der Waals surface area contributed by atoms with Crippen molar-refractivity contribution in [3.8, 4) is 5.69 Å². The van der Waals surface area contributed by atoms with Gasteiger partial charge in [0.1, 0.15) is 4.83 Å². The van der Waals surface area contributed by atoms with Crippen LogP contribution in [0.5, 0.6) is 0 Å². The Bertz CT molecular complexity index is 975. The third-order valence-corrected chi connectivity index (χ3v) is 7.41. The fraction of sp³-hybridized carbons (Fsp3) is 0.455. The summed E-state index contributed by atoms with van der Waals surface area (Å²) in [5.41, 5.74) is 2.29. The van der Waals surface area contributed by atoms with Gasteiger partial charge in [0.2, 0.25) is 0 Å². The van der Waals surface area contributed by atoms with E-state index < -0.39 is 0 Å². The summed E-state index contributed by atoms with van der Waals surface area (Å²) in [5.74, 6) is 1.01. The number of thioether (sulfide) groups is 1. The van der Waals surface area contributed by atoms with Crippen LogP contribution in [0.15, 0.2) is 40.3 Å². The van der Waals surface area contributed by atoms with Gasteiger partial charge in [0, 0.05) is 10.6 Å². The molecule has 0 radical (unpaired) electrons. The lowest BCUT2D eigenvalue weighted by Crippen LogP contribution is -2.21. The Labute approximate surface area is 168 Å². The second kappa shape index (κ2) is 8.61. The van der Waals surface area contributed by atoms with E-state index in [1.165, 1.54) is 42.5 Å². The summed E-state index contributed by atoms with van der Waals surface area (Å²) in [6.45, 7) is 2.24. The van der Waals surface area contributed by atoms with E-state index in [0.29, 0.717) is 0 Å². The van der Waals surface area contributed by atoms with Crippen LogP contribution in [0.3, 0.4) is 0 Å². The van der Waals surface area contributed by atoms with Gasteiger partial charge in [-0.1, -0.05) is 62.6 Å². The average Bonchev–Trinajstić information content (AvgIpc) is 3.26. The fourth-order valence-corrected chi connectivity index (χ4v) is 6.11. The highest BCUT2D eigenvalue weighted by molar-refractivity contribution is 7.99. The van der Waals surface area contributed by atoms with Crippen molar-refractivity contribution in [1.29, 1.82) is 0 Å². The fourth-order valence-electron chi connectivity index (χ4n) is 3.80. The largest absolute Gasteiger partial charge is 0.268 e. The Hall–Kier alpha value is -1.59. The topological polar surface area (TPSA) is 34.9 Å². The van der Waals surface area contributed by atoms with Crippen molar-refractivity contribution in [2.75, 3.05) is 5.75 Å². The molecular formula is C22H26N2OS2. The van der Waals surface area contributed by atoms with Crippen molar-refractivity contribution in [2.24, 2.45) is 0 Å². The SMILES string of the molecule is CCCCCCCSc1nc2sc3c(c2c(=O)n1-c1ccccc1)CCC3. The van der Waals surface area contributed by atoms with Gasteiger partial charge in [-0.25, -0.2) is 4.98 Å². The normalized spacial score (nSPS) is 13.4. The summed E-state index contributed by atoms with van der Waals surface area (Å²) in [7, 11) is 0. The molecule has 0 fully saturated rings. The van der Waals surface area contributed by atoms with Crippen LogP contribution in [0.4, 0.5) is 0 Å². The van der Waals surface area contributed by atoms with Gasteiger partial charge in [0.05, 0.1) is 11.1 Å². The minimum Gasteiger partial charge on any atom is -0.268 e. The first-order chi connectivity index (χ1) is 13.3. The predicted octanol–water partition coefficient (Wildman–Crippen LogP) is 6.00. The Kier molecular flexibility index (Phi) is 5.98. The summed E-state index contributed by atoms with van der Waals surface area (Å²) in [6.07, 6.45) is 9.58. The van der Waals surface area contributed by atoms with E-state index in [2.05, 4.69) is 6.92 Å². The maximum Gasteiger partial charge on any atom is 0.267 e. The number of aromatic nitrogens is 2. The molecule has 0 saturated heterocycles. The number of nitrogens with zero attached hydrogens (tertiary/aromatic N) is 2. The van der Waals surface area contributed by atoms with Gasteiger partial charge in [-0.05, 0) is 43.4 Å². The Balaban J connectivity index is 1.70. The van der Waals surface area contributed by atoms with Crippen molar-refractivity contribution in [3.63, 3.8) is 0 Å². The van der Waals surface area contributed by atoms with Gasteiger partial charge in [0.15, 0.2) is 5.16 Å². The molecule has 1 aliphatic carbocycles. The van der Waals surface area contributed by atoms with E-state index in [4.69, 9.17) is 4.98 Å². The summed E-state index contributed by atoms with van der Waals surface area (Å²) >= 11 is 3.46. The van der Waals surface area contributed by atoms with Crippen LogP contribution in [0.1, 0.15) is 55.9 Å². The Morgan fingerprint density at radius 3 is 2.74 bits per heavy atom. The first-order valence-electron chi connectivity index (χ1n) is 10.0. The molecule has 0 N–H and O–H groups in total. The monoisotopic (exact) mass is 398 g/mol. The molecule has 3 nitrogen and oxygen atoms in total. The molecule has 142 valence electrons. The zero-order valence-corrected chi connectivity index (χ0v) is 17.5. The second-order valence-corrected chi connectivity index (χ2v) is 9.32. The van der Waals surface area contributed by atoms with Crippen LogP contribution in [0, 0.1) is 0 Å². The van der Waals surface area contributed by atoms with Crippen molar-refractivity contribution in [2.45, 2.75) is 63.4 Å². The number of para-hydroxylation sites is 1. The number of hydrogen-bond acceptors (Lipinski definition) is 4. The number of thiophene rings is 1. The lowest BCUT2D eigenvalue weighted by atomic mass is 10.2. The molecule has 0 saturated carbocycles. The molecule has 1 aromatic carbocycles. The van der Waals surface area contributed by atoms with E-state index in [1.807, 2.05) is 34.9 Å². The van der Waals surface area contributed by atoms with E-state index in [0.717, 1.165) is 46.1 Å². The first kappa shape index (κ1) is 18.8. The molecule has 2 aromatic heterocycles. The molecule has 0 aliphatic heterocycles. The first-order valence-corrected chi connectivity index (χ1v) is 11.9. The van der Waals surface area contributed by atoms with Crippen molar-refractivity contribution < 1.29 is 0 Å². The zero-order chi connectivity index (χ0) is 18.6. The smallest absolute Gasteiger partial charge is 0.267 e. The highest BCUT2D eigenvalue weighted by atomic mass is 32.2. The minimum absolute atomic E-state index is 0.110. The van der Waals surface area contributed by atoms with Crippen LogP contribution < -0.4 is 5.56 Å². The number of benzene rings is 1. The summed E-state index contributed by atoms with van der Waals surface area (Å²) in [6, 6.07) is 9.98. The number of rotatable bonds is 8. The third-order valence-electron chi connectivity index (χ3n) is 5.20. The Morgan fingerprint density at radius 2 is 1.93 bits per heavy atom. The van der Waals surface area contributed by atoms with E-state index in [-0.39, 0.29) is 5.56 Å². The Morgan fingerprint density at radius 1 is 1.11 bits per heavy atom. The second-order valence-electron chi connectivity index (χ2n) is 7.17. The zero-order valence-electron chi connectivity index (χ0n) is 15.9. The van der Waals surface area contributed by atoms with Crippen molar-refractivity contribution in [3.05, 3.63) is 51.1 Å². The lowest BCUT2D eigenvalue weighted by molar-refractivity contribution is 0.659. The highest BCUT2D eigenvalue weighted by Crippen LogP contribution is 2.36. The molecule has 0 atom stereocenters. The summed E-state index contributed by atoms with van der Waals surface area (Å²) < 4.78 is 1.84. The summed E-state index contributed by atoms with van der Waals surface area (Å²) in [4.78, 5) is 20.7. The van der Waals surface area contributed by atoms with Crippen LogP contribution in [-0.4, -0.2) is 15.3 Å². The summed E-state index contributed by atoms with van der Waals surface area (Å²) in [5, 5.41) is 1.71. The van der Waals surface area contributed by atoms with Crippen LogP contribution in [0.2, 0.25) is 0 Å². The van der Waals surface area contributed by atoms with E-state index >= 15 is 0 Å². The molecule has 1 aliphatic rings. The number of unbranched alkanes of at least 4 members (excludes halogenated alkanes) is 4. The van der Waals surface area contributed by atoms with Crippen molar-refractivity contribution in [1.82, 2.24) is 9.55 Å². The maximum atomic E-state index is 13.5. The number of hydrogen-bond donors (Lipinski definition) is 0. The van der Waals surface area contributed by atoms with Gasteiger partial charge in [-0.15, -0.1) is 11.3 Å². The minimum atomic E-state index is 0.110. The third kappa shape index (κ3) is 3.85. The van der Waals surface area contributed by atoms with Crippen LogP contribution in [-0.2, 0) is 12.8 Å². The molecule has 0 unspecified atom stereocenters. The maximum absolute atomic E-state index is 13.5. The van der Waals surface area contributed by atoms with Crippen LogP contribution >= 0.6 is 23.1 Å². The van der Waals surface area contributed by atoms with Crippen LogP contribution in [0.25, 0.3) is 15.9 Å². The molecule has 0 bridgehead atoms. The van der Waals surface area contributed by atoms with E-state index in [9.17, 15) is 4.79 Å². The van der Waals surface area contributed by atoms with E-state index in [1.54, 1.807) is 23.1 Å². The van der Waals surface area contributed by atoms with Gasteiger partial charge in [-0.2, -0.15) is 0 Å². The van der Waals surface area contributed by atoms with Gasteiger partial charge < -0.3 is 0 Å². The number of fused-ring (bicyclic) bond motifs is 3.